The second-order valence-electron chi connectivity index (χ2n) is 5.74. The number of rotatable bonds is 6. The molecule has 0 saturated heterocycles. The highest BCUT2D eigenvalue weighted by Gasteiger charge is 2.11. The summed E-state index contributed by atoms with van der Waals surface area (Å²) in [6.45, 7) is 8.18. The zero-order valence-corrected chi connectivity index (χ0v) is 14.1. The van der Waals surface area contributed by atoms with E-state index in [4.69, 9.17) is 4.74 Å². The van der Waals surface area contributed by atoms with Gasteiger partial charge in [0.15, 0.2) is 0 Å². The number of nitrogens with zero attached hydrogens (tertiary/aromatic N) is 2. The number of nitrogens with one attached hydrogen (secondary N) is 1. The summed E-state index contributed by atoms with van der Waals surface area (Å²) < 4.78 is 5.56. The fraction of sp³-hybridized carbons (Fsp3) is 0.438. The predicted molar refractivity (Wildman–Crippen MR) is 88.6 cm³/mol. The van der Waals surface area contributed by atoms with E-state index in [-0.39, 0.29) is 12.0 Å². The summed E-state index contributed by atoms with van der Waals surface area (Å²) in [4.78, 5) is 12.2. The van der Waals surface area contributed by atoms with Gasteiger partial charge >= 0.3 is 0 Å². The Kier molecular flexibility index (Phi) is 5.49. The van der Waals surface area contributed by atoms with Crippen molar-refractivity contribution in [3.8, 4) is 5.75 Å². The van der Waals surface area contributed by atoms with Gasteiger partial charge in [-0.2, -0.15) is 0 Å². The van der Waals surface area contributed by atoms with Gasteiger partial charge in [0.25, 0.3) is 5.91 Å². The third kappa shape index (κ3) is 4.80. The molecular formula is C16H21N3O2S. The van der Waals surface area contributed by atoms with E-state index < -0.39 is 0 Å². The minimum Gasteiger partial charge on any atom is -0.491 e. The van der Waals surface area contributed by atoms with E-state index in [1.165, 1.54) is 11.3 Å². The Morgan fingerprint density at radius 1 is 1.18 bits per heavy atom. The van der Waals surface area contributed by atoms with E-state index in [1.807, 2.05) is 13.8 Å². The predicted octanol–water partition coefficient (Wildman–Crippen LogP) is 3.78. The van der Waals surface area contributed by atoms with Crippen LogP contribution < -0.4 is 10.1 Å². The number of amides is 1. The molecule has 0 unspecified atom stereocenters. The zero-order valence-electron chi connectivity index (χ0n) is 13.3. The number of hydrogen-bond acceptors (Lipinski definition) is 5. The van der Waals surface area contributed by atoms with Crippen molar-refractivity contribution in [3.63, 3.8) is 0 Å². The van der Waals surface area contributed by atoms with Crippen LogP contribution in [0, 0.1) is 5.92 Å². The van der Waals surface area contributed by atoms with Crippen molar-refractivity contribution >= 4 is 22.4 Å². The van der Waals surface area contributed by atoms with Gasteiger partial charge in [0.1, 0.15) is 10.8 Å². The number of anilines is 1. The van der Waals surface area contributed by atoms with E-state index in [9.17, 15) is 4.79 Å². The van der Waals surface area contributed by atoms with Gasteiger partial charge in [-0.25, -0.2) is 0 Å². The smallest absolute Gasteiger partial charge is 0.257 e. The largest absolute Gasteiger partial charge is 0.491 e. The lowest BCUT2D eigenvalue weighted by molar-refractivity contribution is 0.102. The number of aromatic nitrogens is 2. The molecule has 0 spiro atoms. The molecule has 0 fully saturated rings. The van der Waals surface area contributed by atoms with Crippen LogP contribution in [0.2, 0.25) is 0 Å². The molecule has 6 heteroatoms. The Morgan fingerprint density at radius 3 is 2.45 bits per heavy atom. The first-order valence-electron chi connectivity index (χ1n) is 7.34. The lowest BCUT2D eigenvalue weighted by Gasteiger charge is -2.09. The Balaban J connectivity index is 1.98. The minimum atomic E-state index is -0.191. The third-order valence-corrected chi connectivity index (χ3v) is 3.62. The molecule has 0 saturated carbocycles. The van der Waals surface area contributed by atoms with Crippen LogP contribution in [-0.4, -0.2) is 22.2 Å². The standard InChI is InChI=1S/C16H21N3O2S/c1-10(2)9-14-18-19-16(22-14)17-15(20)12-5-7-13(8-6-12)21-11(3)4/h5-8,10-11H,9H2,1-4H3,(H,17,19,20). The Bertz CT molecular complexity index is 621. The van der Waals surface area contributed by atoms with Crippen LogP contribution in [0.25, 0.3) is 0 Å². The highest BCUT2D eigenvalue weighted by molar-refractivity contribution is 7.15. The molecule has 0 bridgehead atoms. The summed E-state index contributed by atoms with van der Waals surface area (Å²) in [6, 6.07) is 7.06. The van der Waals surface area contributed by atoms with E-state index in [0.717, 1.165) is 17.2 Å². The first-order valence-corrected chi connectivity index (χ1v) is 8.16. The molecule has 0 aliphatic carbocycles. The van der Waals surface area contributed by atoms with Crippen LogP contribution in [0.5, 0.6) is 5.75 Å². The lowest BCUT2D eigenvalue weighted by atomic mass is 10.1. The van der Waals surface area contributed by atoms with Gasteiger partial charge in [-0.3, -0.25) is 10.1 Å². The molecule has 1 amide bonds. The van der Waals surface area contributed by atoms with Crippen LogP contribution in [0.15, 0.2) is 24.3 Å². The first-order chi connectivity index (χ1) is 10.4. The maximum Gasteiger partial charge on any atom is 0.257 e. The fourth-order valence-corrected chi connectivity index (χ4v) is 2.81. The van der Waals surface area contributed by atoms with Crippen molar-refractivity contribution in [2.45, 2.75) is 40.2 Å². The fourth-order valence-electron chi connectivity index (χ4n) is 1.86. The molecule has 5 nitrogen and oxygen atoms in total. The summed E-state index contributed by atoms with van der Waals surface area (Å²) in [7, 11) is 0. The van der Waals surface area contributed by atoms with Gasteiger partial charge in [0, 0.05) is 12.0 Å². The zero-order chi connectivity index (χ0) is 16.1. The Hall–Kier alpha value is -1.95. The second kappa shape index (κ2) is 7.35. The van der Waals surface area contributed by atoms with E-state index in [0.29, 0.717) is 16.6 Å². The van der Waals surface area contributed by atoms with Crippen LogP contribution in [0.4, 0.5) is 5.13 Å². The van der Waals surface area contributed by atoms with Gasteiger partial charge in [-0.15, -0.1) is 10.2 Å². The summed E-state index contributed by atoms with van der Waals surface area (Å²) in [5, 5.41) is 12.3. The molecule has 0 aliphatic heterocycles. The molecule has 1 aromatic carbocycles. The number of ether oxygens (including phenoxy) is 1. The van der Waals surface area contributed by atoms with Gasteiger partial charge in [0.05, 0.1) is 6.10 Å². The summed E-state index contributed by atoms with van der Waals surface area (Å²) in [6.07, 6.45) is 0.981. The molecular weight excluding hydrogens is 298 g/mol. The topological polar surface area (TPSA) is 64.1 Å². The monoisotopic (exact) mass is 319 g/mol. The van der Waals surface area contributed by atoms with Crippen LogP contribution in [0.1, 0.15) is 43.1 Å². The van der Waals surface area contributed by atoms with Crippen molar-refractivity contribution in [2.75, 3.05) is 5.32 Å². The summed E-state index contributed by atoms with van der Waals surface area (Å²) >= 11 is 1.42. The van der Waals surface area contributed by atoms with Crippen molar-refractivity contribution in [1.82, 2.24) is 10.2 Å². The normalized spacial score (nSPS) is 11.0. The van der Waals surface area contributed by atoms with E-state index in [1.54, 1.807) is 24.3 Å². The highest BCUT2D eigenvalue weighted by Crippen LogP contribution is 2.20. The molecule has 22 heavy (non-hydrogen) atoms. The van der Waals surface area contributed by atoms with Gasteiger partial charge in [-0.05, 0) is 44.0 Å². The van der Waals surface area contributed by atoms with Crippen molar-refractivity contribution < 1.29 is 9.53 Å². The van der Waals surface area contributed by atoms with Gasteiger partial charge < -0.3 is 4.74 Å². The van der Waals surface area contributed by atoms with Gasteiger partial charge in [-0.1, -0.05) is 25.2 Å². The summed E-state index contributed by atoms with van der Waals surface area (Å²) in [5.41, 5.74) is 0.566. The van der Waals surface area contributed by atoms with Crippen LogP contribution >= 0.6 is 11.3 Å². The average molecular weight is 319 g/mol. The third-order valence-electron chi connectivity index (χ3n) is 2.76. The lowest BCUT2D eigenvalue weighted by Crippen LogP contribution is -2.12. The maximum absolute atomic E-state index is 12.2. The number of benzene rings is 1. The number of carbonyl (C=O) groups is 1. The average Bonchev–Trinajstić information content (AvgIpc) is 2.85. The number of carbonyl (C=O) groups excluding carboxylic acids is 1. The molecule has 1 N–H and O–H groups in total. The van der Waals surface area contributed by atoms with Gasteiger partial charge in [0.2, 0.25) is 5.13 Å². The maximum atomic E-state index is 12.2. The molecule has 2 aromatic rings. The van der Waals surface area contributed by atoms with E-state index in [2.05, 4.69) is 29.4 Å². The Labute approximate surface area is 134 Å². The highest BCUT2D eigenvalue weighted by atomic mass is 32.1. The minimum absolute atomic E-state index is 0.112. The molecule has 118 valence electrons. The first kappa shape index (κ1) is 16.4. The molecule has 0 atom stereocenters. The van der Waals surface area contributed by atoms with E-state index >= 15 is 0 Å². The molecule has 2 rings (SSSR count). The molecule has 0 aliphatic rings. The quantitative estimate of drug-likeness (QED) is 0.880. The Morgan fingerprint density at radius 2 is 1.86 bits per heavy atom. The van der Waals surface area contributed by atoms with Crippen molar-refractivity contribution in [1.29, 1.82) is 0 Å². The molecule has 0 radical (unpaired) electrons. The molecule has 1 aromatic heterocycles. The van der Waals surface area contributed by atoms with Crippen LogP contribution in [0.3, 0.4) is 0 Å². The van der Waals surface area contributed by atoms with Crippen molar-refractivity contribution in [3.05, 3.63) is 34.8 Å². The number of hydrogen-bond donors (Lipinski definition) is 1. The SMILES string of the molecule is CC(C)Cc1nnc(NC(=O)c2ccc(OC(C)C)cc2)s1. The van der Waals surface area contributed by atoms with Crippen molar-refractivity contribution in [2.24, 2.45) is 5.92 Å². The molecule has 1 heterocycles. The second-order valence-corrected chi connectivity index (χ2v) is 6.81. The van der Waals surface area contributed by atoms with Crippen LogP contribution in [-0.2, 0) is 6.42 Å². The summed E-state index contributed by atoms with van der Waals surface area (Å²) in [5.74, 6) is 1.08.